The van der Waals surface area contributed by atoms with E-state index in [1.54, 1.807) is 18.4 Å². The molecular weight excluding hydrogens is 284 g/mol. The molecule has 0 aliphatic heterocycles. The largest absolute Gasteiger partial charge is 0.493 e. The highest BCUT2D eigenvalue weighted by molar-refractivity contribution is 7.11. The minimum absolute atomic E-state index is 0.510. The molecule has 0 fully saturated rings. The lowest BCUT2D eigenvalue weighted by atomic mass is 10.2. The van der Waals surface area contributed by atoms with Gasteiger partial charge in [-0.2, -0.15) is 0 Å². The first kappa shape index (κ1) is 15.9. The summed E-state index contributed by atoms with van der Waals surface area (Å²) in [4.78, 5) is 5.66. The van der Waals surface area contributed by atoms with Crippen LogP contribution in [0.15, 0.2) is 24.3 Å². The molecule has 0 saturated heterocycles. The van der Waals surface area contributed by atoms with Crippen LogP contribution in [0.5, 0.6) is 5.75 Å². The van der Waals surface area contributed by atoms with Gasteiger partial charge in [0.15, 0.2) is 0 Å². The van der Waals surface area contributed by atoms with Crippen LogP contribution in [-0.4, -0.2) is 18.7 Å². The van der Waals surface area contributed by atoms with Crippen LogP contribution in [-0.2, 0) is 30.7 Å². The summed E-state index contributed by atoms with van der Waals surface area (Å²) in [6.07, 6.45) is 1.83. The summed E-state index contributed by atoms with van der Waals surface area (Å²) in [6, 6.07) is 8.23. The summed E-state index contributed by atoms with van der Waals surface area (Å²) in [5.74, 6) is 0.903. The minimum Gasteiger partial charge on any atom is -0.493 e. The van der Waals surface area contributed by atoms with E-state index in [9.17, 15) is 0 Å². The van der Waals surface area contributed by atoms with Gasteiger partial charge in [-0.05, 0) is 24.1 Å². The molecule has 0 aliphatic rings. The van der Waals surface area contributed by atoms with Crippen molar-refractivity contribution in [2.24, 2.45) is 5.73 Å². The molecule has 1 heterocycles. The summed E-state index contributed by atoms with van der Waals surface area (Å²) in [5, 5.41) is 1.05. The van der Waals surface area contributed by atoms with Crippen molar-refractivity contribution in [3.8, 4) is 5.75 Å². The predicted molar refractivity (Wildman–Crippen MR) is 85.7 cm³/mol. The highest BCUT2D eigenvalue weighted by Gasteiger charge is 2.09. The Morgan fingerprint density at radius 1 is 1.24 bits per heavy atom. The van der Waals surface area contributed by atoms with Crippen LogP contribution in [0.4, 0.5) is 0 Å². The van der Waals surface area contributed by atoms with E-state index in [1.807, 2.05) is 12.1 Å². The van der Waals surface area contributed by atoms with Gasteiger partial charge in [0, 0.05) is 25.0 Å². The average Bonchev–Trinajstić information content (AvgIpc) is 2.90. The zero-order chi connectivity index (χ0) is 15.1. The molecule has 0 aliphatic carbocycles. The molecule has 2 N–H and O–H groups in total. The van der Waals surface area contributed by atoms with E-state index in [0.29, 0.717) is 19.8 Å². The molecule has 0 saturated carbocycles. The summed E-state index contributed by atoms with van der Waals surface area (Å²) < 4.78 is 10.9. The molecule has 4 nitrogen and oxygen atoms in total. The van der Waals surface area contributed by atoms with Crippen molar-refractivity contribution in [2.45, 2.75) is 32.9 Å². The highest BCUT2D eigenvalue weighted by Crippen LogP contribution is 2.20. The summed E-state index contributed by atoms with van der Waals surface area (Å²) in [6.45, 7) is 3.79. The summed E-state index contributed by atoms with van der Waals surface area (Å²) >= 11 is 1.64. The van der Waals surface area contributed by atoms with Crippen molar-refractivity contribution in [3.63, 3.8) is 0 Å². The van der Waals surface area contributed by atoms with Crippen LogP contribution in [0.1, 0.15) is 28.1 Å². The van der Waals surface area contributed by atoms with Crippen LogP contribution in [0.25, 0.3) is 0 Å². The van der Waals surface area contributed by atoms with E-state index in [2.05, 4.69) is 24.0 Å². The molecule has 0 unspecified atom stereocenters. The second-order valence-corrected chi connectivity index (χ2v) is 5.88. The Morgan fingerprint density at radius 3 is 2.62 bits per heavy atom. The van der Waals surface area contributed by atoms with Gasteiger partial charge in [0.2, 0.25) is 0 Å². The van der Waals surface area contributed by atoms with Crippen molar-refractivity contribution in [2.75, 3.05) is 13.7 Å². The summed E-state index contributed by atoms with van der Waals surface area (Å²) in [5.41, 5.74) is 7.99. The van der Waals surface area contributed by atoms with E-state index in [1.165, 1.54) is 5.56 Å². The predicted octanol–water partition coefficient (Wildman–Crippen LogP) is 2.93. The number of thiazole rings is 1. The van der Waals surface area contributed by atoms with Crippen molar-refractivity contribution < 1.29 is 9.47 Å². The van der Waals surface area contributed by atoms with E-state index in [4.69, 9.17) is 15.2 Å². The second kappa shape index (κ2) is 8.12. The van der Waals surface area contributed by atoms with Gasteiger partial charge in [0.25, 0.3) is 0 Å². The number of ether oxygens (including phenoxy) is 2. The molecule has 0 spiro atoms. The van der Waals surface area contributed by atoms with Gasteiger partial charge in [-0.15, -0.1) is 11.3 Å². The van der Waals surface area contributed by atoms with Crippen molar-refractivity contribution in [1.82, 2.24) is 4.98 Å². The molecule has 1 aromatic carbocycles. The number of benzene rings is 1. The molecule has 5 heteroatoms. The molecule has 2 aromatic rings. The molecular formula is C16H22N2O2S. The minimum atomic E-state index is 0.510. The zero-order valence-corrected chi connectivity index (χ0v) is 13.4. The lowest BCUT2D eigenvalue weighted by Crippen LogP contribution is -2.01. The molecule has 0 bridgehead atoms. The summed E-state index contributed by atoms with van der Waals surface area (Å²) in [7, 11) is 1.67. The number of aryl methyl sites for hydroxylation is 1. The van der Waals surface area contributed by atoms with Crippen LogP contribution in [0.3, 0.4) is 0 Å². The number of rotatable bonds is 8. The fraction of sp³-hybridized carbons (Fsp3) is 0.438. The Kier molecular flexibility index (Phi) is 6.17. The van der Waals surface area contributed by atoms with Gasteiger partial charge in [0.1, 0.15) is 5.75 Å². The SMILES string of the molecule is CCc1ccc(OCCc2nc(COC)c(CN)s2)cc1. The Bertz CT molecular complexity index is 552. The molecule has 2 rings (SSSR count). The number of nitrogens with two attached hydrogens (primary N) is 1. The normalized spacial score (nSPS) is 10.8. The van der Waals surface area contributed by atoms with Gasteiger partial charge in [-0.25, -0.2) is 4.98 Å². The molecule has 0 radical (unpaired) electrons. The van der Waals surface area contributed by atoms with Crippen molar-refractivity contribution in [3.05, 3.63) is 45.4 Å². The lowest BCUT2D eigenvalue weighted by Gasteiger charge is -2.05. The number of hydrogen-bond acceptors (Lipinski definition) is 5. The van der Waals surface area contributed by atoms with Gasteiger partial charge >= 0.3 is 0 Å². The average molecular weight is 306 g/mol. The first-order chi connectivity index (χ1) is 10.3. The lowest BCUT2D eigenvalue weighted by molar-refractivity contribution is 0.181. The highest BCUT2D eigenvalue weighted by atomic mass is 32.1. The number of nitrogens with zero attached hydrogens (tertiary/aromatic N) is 1. The molecule has 0 amide bonds. The van der Waals surface area contributed by atoms with Crippen molar-refractivity contribution >= 4 is 11.3 Å². The molecule has 114 valence electrons. The fourth-order valence-electron chi connectivity index (χ4n) is 2.03. The maximum absolute atomic E-state index is 5.76. The number of methoxy groups -OCH3 is 1. The Morgan fingerprint density at radius 2 is 2.00 bits per heavy atom. The second-order valence-electron chi connectivity index (χ2n) is 4.71. The Balaban J connectivity index is 1.87. The first-order valence-corrected chi connectivity index (χ1v) is 7.96. The van der Waals surface area contributed by atoms with E-state index < -0.39 is 0 Å². The van der Waals surface area contributed by atoms with Crippen molar-refractivity contribution in [1.29, 1.82) is 0 Å². The van der Waals surface area contributed by atoms with Gasteiger partial charge in [-0.3, -0.25) is 0 Å². The molecule has 1 aromatic heterocycles. The maximum atomic E-state index is 5.76. The van der Waals surface area contributed by atoms with Crippen LogP contribution < -0.4 is 10.5 Å². The third kappa shape index (κ3) is 4.52. The number of hydrogen-bond donors (Lipinski definition) is 1. The van der Waals surface area contributed by atoms with Gasteiger partial charge < -0.3 is 15.2 Å². The van der Waals surface area contributed by atoms with Crippen LogP contribution in [0, 0.1) is 0 Å². The monoisotopic (exact) mass is 306 g/mol. The van der Waals surface area contributed by atoms with E-state index >= 15 is 0 Å². The molecule has 21 heavy (non-hydrogen) atoms. The zero-order valence-electron chi connectivity index (χ0n) is 12.6. The van der Waals surface area contributed by atoms with E-state index in [0.717, 1.165) is 34.2 Å². The third-order valence-electron chi connectivity index (χ3n) is 3.21. The maximum Gasteiger partial charge on any atom is 0.119 e. The molecule has 0 atom stereocenters. The standard InChI is InChI=1S/C16H22N2O2S/c1-3-12-4-6-13(7-5-12)20-9-8-16-18-14(11-19-2)15(10-17)21-16/h4-7H,3,8-11,17H2,1-2H3. The Hall–Kier alpha value is -1.43. The first-order valence-electron chi connectivity index (χ1n) is 7.15. The Labute approximate surface area is 129 Å². The van der Waals surface area contributed by atoms with Gasteiger partial charge in [0.05, 0.1) is 23.9 Å². The number of aromatic nitrogens is 1. The smallest absolute Gasteiger partial charge is 0.119 e. The third-order valence-corrected chi connectivity index (χ3v) is 4.38. The quantitative estimate of drug-likeness (QED) is 0.814. The fourth-order valence-corrected chi connectivity index (χ4v) is 2.96. The van der Waals surface area contributed by atoms with Crippen LogP contribution in [0.2, 0.25) is 0 Å². The van der Waals surface area contributed by atoms with Crippen LogP contribution >= 0.6 is 11.3 Å². The topological polar surface area (TPSA) is 57.4 Å². The van der Waals surface area contributed by atoms with Gasteiger partial charge in [-0.1, -0.05) is 19.1 Å². The van der Waals surface area contributed by atoms with E-state index in [-0.39, 0.29) is 0 Å².